The number of aromatic nitrogens is 2. The molecule has 9 nitrogen and oxygen atoms in total. The van der Waals surface area contributed by atoms with Crippen LogP contribution in [0.5, 0.6) is 0 Å². The first-order chi connectivity index (χ1) is 26.7. The zero-order chi connectivity index (χ0) is 39.8. The summed E-state index contributed by atoms with van der Waals surface area (Å²) in [5.74, 6) is 0. The van der Waals surface area contributed by atoms with Crippen molar-refractivity contribution < 1.29 is 30.0 Å². The first-order valence-corrected chi connectivity index (χ1v) is 20.5. The molecular weight excluding hydrogens is 760 g/mol. The van der Waals surface area contributed by atoms with Gasteiger partial charge in [0, 0.05) is 47.2 Å². The largest absolute Gasteiger partial charge is 0.416 e. The second-order valence-electron chi connectivity index (χ2n) is 13.6. The van der Waals surface area contributed by atoms with E-state index in [0.29, 0.717) is 46.7 Å². The topological polar surface area (TPSA) is 107 Å². The number of hydrogen-bond donors (Lipinski definition) is 1. The van der Waals surface area contributed by atoms with Crippen LogP contribution in [-0.4, -0.2) is 65.9 Å². The molecule has 0 bridgehead atoms. The van der Waals surface area contributed by atoms with Crippen LogP contribution in [0.1, 0.15) is 12.0 Å². The number of nitrogens with one attached hydrogen (secondary N) is 1. The SMILES string of the molecule is CN(C)CCCN(c1ccc(-c2cnc3[nH]c4ccc(N(C)S(=O)(=O)c5cccc(C(F)(F)F)c5)cc4c3c2-c2ccccc2)cc1)S(=O)(=O)c1ccccc1. The van der Waals surface area contributed by atoms with Gasteiger partial charge in [-0.05, 0) is 98.9 Å². The van der Waals surface area contributed by atoms with Gasteiger partial charge in [0.1, 0.15) is 5.65 Å². The maximum absolute atomic E-state index is 13.9. The third-order valence-corrected chi connectivity index (χ3v) is 13.2. The third-order valence-electron chi connectivity index (χ3n) is 9.61. The summed E-state index contributed by atoms with van der Waals surface area (Å²) in [5, 5.41) is 1.35. The molecule has 0 radical (unpaired) electrons. The van der Waals surface area contributed by atoms with Gasteiger partial charge in [0.2, 0.25) is 0 Å². The Balaban J connectivity index is 1.34. The number of aromatic amines is 1. The average Bonchev–Trinajstić information content (AvgIpc) is 3.57. The van der Waals surface area contributed by atoms with Crippen LogP contribution in [0, 0.1) is 0 Å². The maximum atomic E-state index is 13.9. The van der Waals surface area contributed by atoms with Gasteiger partial charge in [-0.25, -0.2) is 21.8 Å². The van der Waals surface area contributed by atoms with Crippen LogP contribution < -0.4 is 8.61 Å². The number of hydrogen-bond acceptors (Lipinski definition) is 6. The second kappa shape index (κ2) is 15.1. The summed E-state index contributed by atoms with van der Waals surface area (Å²) in [6.07, 6.45) is -2.36. The number of rotatable bonds is 12. The van der Waals surface area contributed by atoms with Crippen LogP contribution in [0.4, 0.5) is 24.5 Å². The van der Waals surface area contributed by atoms with Crippen molar-refractivity contribution >= 4 is 53.4 Å². The predicted molar refractivity (Wildman–Crippen MR) is 216 cm³/mol. The number of anilines is 2. The summed E-state index contributed by atoms with van der Waals surface area (Å²) in [7, 11) is -3.08. The highest BCUT2D eigenvalue weighted by Gasteiger charge is 2.33. The number of nitrogens with zero attached hydrogens (tertiary/aromatic N) is 4. The van der Waals surface area contributed by atoms with Gasteiger partial charge < -0.3 is 9.88 Å². The minimum atomic E-state index is -4.71. The Morgan fingerprint density at radius 1 is 0.661 bits per heavy atom. The molecule has 0 aliphatic carbocycles. The highest BCUT2D eigenvalue weighted by Crippen LogP contribution is 2.42. The highest BCUT2D eigenvalue weighted by atomic mass is 32.2. The number of H-pyrrole nitrogens is 1. The van der Waals surface area contributed by atoms with Crippen LogP contribution in [-0.2, 0) is 26.2 Å². The second-order valence-corrected chi connectivity index (χ2v) is 17.4. The summed E-state index contributed by atoms with van der Waals surface area (Å²) in [6.45, 7) is 0.970. The summed E-state index contributed by atoms with van der Waals surface area (Å²) in [4.78, 5) is 9.82. The zero-order valence-electron chi connectivity index (χ0n) is 30.7. The molecule has 14 heteroatoms. The molecule has 0 aliphatic heterocycles. The first kappa shape index (κ1) is 38.6. The number of sulfonamides is 2. The fraction of sp³-hybridized carbons (Fsp3) is 0.167. The minimum Gasteiger partial charge on any atom is -0.339 e. The monoisotopic (exact) mass is 797 g/mol. The molecule has 56 heavy (non-hydrogen) atoms. The Morgan fingerprint density at radius 2 is 1.30 bits per heavy atom. The fourth-order valence-corrected chi connectivity index (χ4v) is 9.50. The summed E-state index contributed by atoms with van der Waals surface area (Å²) >= 11 is 0. The molecule has 7 rings (SSSR count). The van der Waals surface area contributed by atoms with E-state index in [1.54, 1.807) is 66.9 Å². The molecule has 5 aromatic carbocycles. The average molecular weight is 798 g/mol. The Bertz CT molecular complexity index is 2740. The molecule has 0 unspecified atom stereocenters. The molecule has 0 atom stereocenters. The zero-order valence-corrected chi connectivity index (χ0v) is 32.3. The summed E-state index contributed by atoms with van der Waals surface area (Å²) < 4.78 is 98.1. The smallest absolute Gasteiger partial charge is 0.339 e. The predicted octanol–water partition coefficient (Wildman–Crippen LogP) is 9.04. The van der Waals surface area contributed by atoms with Crippen molar-refractivity contribution in [1.82, 2.24) is 14.9 Å². The molecule has 2 aromatic heterocycles. The van der Waals surface area contributed by atoms with E-state index in [9.17, 15) is 30.0 Å². The molecule has 0 saturated heterocycles. The molecule has 0 spiro atoms. The summed E-state index contributed by atoms with van der Waals surface area (Å²) in [5.41, 5.74) is 4.06. The number of fused-ring (bicyclic) bond motifs is 3. The van der Waals surface area contributed by atoms with E-state index in [2.05, 4.69) is 4.98 Å². The summed E-state index contributed by atoms with van der Waals surface area (Å²) in [6, 6.07) is 33.9. The van der Waals surface area contributed by atoms with Crippen LogP contribution in [0.25, 0.3) is 44.2 Å². The van der Waals surface area contributed by atoms with E-state index >= 15 is 0 Å². The normalized spacial score (nSPS) is 12.4. The fourth-order valence-electron chi connectivity index (χ4n) is 6.74. The number of benzene rings is 5. The van der Waals surface area contributed by atoms with Gasteiger partial charge in [0.15, 0.2) is 0 Å². The Kier molecular flexibility index (Phi) is 10.4. The molecule has 1 N–H and O–H groups in total. The molecule has 0 amide bonds. The van der Waals surface area contributed by atoms with E-state index in [0.717, 1.165) is 44.8 Å². The molecule has 288 valence electrons. The van der Waals surface area contributed by atoms with Gasteiger partial charge >= 0.3 is 6.18 Å². The molecule has 2 heterocycles. The molecule has 7 aromatic rings. The van der Waals surface area contributed by atoms with Gasteiger partial charge in [0.25, 0.3) is 20.0 Å². The molecule has 0 fully saturated rings. The number of alkyl halides is 3. The van der Waals surface area contributed by atoms with Gasteiger partial charge in [-0.15, -0.1) is 0 Å². The highest BCUT2D eigenvalue weighted by molar-refractivity contribution is 7.93. The van der Waals surface area contributed by atoms with E-state index < -0.39 is 36.7 Å². The Hall–Kier alpha value is -5.70. The van der Waals surface area contributed by atoms with Crippen molar-refractivity contribution in [3.8, 4) is 22.3 Å². The van der Waals surface area contributed by atoms with Gasteiger partial charge in [-0.2, -0.15) is 13.2 Å². The van der Waals surface area contributed by atoms with E-state index in [1.807, 2.05) is 61.5 Å². The van der Waals surface area contributed by atoms with Crippen LogP contribution in [0.15, 0.2) is 143 Å². The molecule has 0 saturated carbocycles. The Labute approximate surface area is 323 Å². The van der Waals surface area contributed by atoms with Crippen LogP contribution >= 0.6 is 0 Å². The minimum absolute atomic E-state index is 0.196. The van der Waals surface area contributed by atoms with E-state index in [4.69, 9.17) is 4.98 Å². The van der Waals surface area contributed by atoms with Crippen molar-refractivity contribution in [2.75, 3.05) is 42.8 Å². The van der Waals surface area contributed by atoms with Crippen molar-refractivity contribution in [3.63, 3.8) is 0 Å². The van der Waals surface area contributed by atoms with Crippen molar-refractivity contribution in [2.24, 2.45) is 0 Å². The van der Waals surface area contributed by atoms with E-state index in [1.165, 1.54) is 11.4 Å². The number of halogens is 3. The van der Waals surface area contributed by atoms with Gasteiger partial charge in [-0.3, -0.25) is 8.61 Å². The van der Waals surface area contributed by atoms with Gasteiger partial charge in [0.05, 0.1) is 26.7 Å². The number of pyridine rings is 1. The standard InChI is InChI=1S/C42H38F3N5O4S2/c1-48(2)24-11-25-50(56(53,54)34-15-8-5-9-16-34)32-20-18-29(19-21-32)37-28-46-41-40(39(37)30-12-6-4-7-13-30)36-27-33(22-23-38(36)47-41)49(3)55(51,52)35-17-10-14-31(26-35)42(43,44)45/h4-10,12-23,26-28H,11,24-25H2,1-3H3,(H,46,47). The van der Waals surface area contributed by atoms with Crippen LogP contribution in [0.2, 0.25) is 0 Å². The first-order valence-electron chi connectivity index (χ1n) is 17.7. The van der Waals surface area contributed by atoms with Crippen molar-refractivity contribution in [3.05, 3.63) is 139 Å². The lowest BCUT2D eigenvalue weighted by atomic mass is 9.92. The maximum Gasteiger partial charge on any atom is 0.416 e. The lowest BCUT2D eigenvalue weighted by Gasteiger charge is -2.25. The van der Waals surface area contributed by atoms with E-state index in [-0.39, 0.29) is 17.1 Å². The third kappa shape index (κ3) is 7.47. The Morgan fingerprint density at radius 3 is 1.96 bits per heavy atom. The lowest BCUT2D eigenvalue weighted by Crippen LogP contribution is -2.33. The van der Waals surface area contributed by atoms with Gasteiger partial charge in [-0.1, -0.05) is 66.7 Å². The molecular formula is C42H38F3N5O4S2. The van der Waals surface area contributed by atoms with Crippen LogP contribution in [0.3, 0.4) is 0 Å². The molecule has 0 aliphatic rings. The lowest BCUT2D eigenvalue weighted by molar-refractivity contribution is -0.137. The van der Waals surface area contributed by atoms with Crippen molar-refractivity contribution in [2.45, 2.75) is 22.4 Å². The quantitative estimate of drug-likeness (QED) is 0.132. The van der Waals surface area contributed by atoms with Crippen molar-refractivity contribution in [1.29, 1.82) is 0 Å².